The average Bonchev–Trinajstić information content (AvgIpc) is 3.23. The van der Waals surface area contributed by atoms with E-state index < -0.39 is 0 Å². The summed E-state index contributed by atoms with van der Waals surface area (Å²) in [5.41, 5.74) is 6.65. The van der Waals surface area contributed by atoms with Crippen molar-refractivity contribution in [3.05, 3.63) is 24.3 Å². The quantitative estimate of drug-likeness (QED) is 0.902. The Morgan fingerprint density at radius 2 is 2.11 bits per heavy atom. The van der Waals surface area contributed by atoms with E-state index in [9.17, 15) is 0 Å². The first-order valence-electron chi connectivity index (χ1n) is 6.45. The van der Waals surface area contributed by atoms with Gasteiger partial charge in [0.1, 0.15) is 5.82 Å². The Kier molecular flexibility index (Phi) is 2.92. The Morgan fingerprint density at radius 1 is 1.32 bits per heavy atom. The van der Waals surface area contributed by atoms with E-state index in [0.29, 0.717) is 19.0 Å². The minimum Gasteiger partial charge on any atom is -0.368 e. The third-order valence-electron chi connectivity index (χ3n) is 3.32. The number of nitriles is 1. The van der Waals surface area contributed by atoms with Crippen LogP contribution in [0.5, 0.6) is 0 Å². The lowest BCUT2D eigenvalue weighted by atomic mass is 10.2. The van der Waals surface area contributed by atoms with Gasteiger partial charge < -0.3 is 10.6 Å². The average molecular weight is 253 g/mol. The standard InChI is InChI=1S/C14H15N5/c15-8-3-9-19(10-6-7-10)13-11-4-1-2-5-12(11)17-14(16)18-13/h1-2,4-5,10H,3,6-7,9H2,(H2,16,17,18). The molecule has 2 N–H and O–H groups in total. The second-order valence-electron chi connectivity index (χ2n) is 4.76. The van der Waals surface area contributed by atoms with Gasteiger partial charge >= 0.3 is 0 Å². The highest BCUT2D eigenvalue weighted by Gasteiger charge is 2.30. The molecule has 0 saturated heterocycles. The number of nitrogens with two attached hydrogens (primary N) is 1. The van der Waals surface area contributed by atoms with Crippen molar-refractivity contribution in [2.45, 2.75) is 25.3 Å². The van der Waals surface area contributed by atoms with E-state index in [4.69, 9.17) is 11.0 Å². The number of hydrogen-bond donors (Lipinski definition) is 1. The van der Waals surface area contributed by atoms with Crippen LogP contribution in [0.2, 0.25) is 0 Å². The number of anilines is 2. The number of rotatable bonds is 4. The molecule has 0 atom stereocenters. The first-order chi connectivity index (χ1) is 9.29. The van der Waals surface area contributed by atoms with E-state index >= 15 is 0 Å². The molecule has 1 aliphatic carbocycles. The van der Waals surface area contributed by atoms with E-state index in [-0.39, 0.29) is 5.95 Å². The number of aromatic nitrogens is 2. The summed E-state index contributed by atoms with van der Waals surface area (Å²) in [4.78, 5) is 10.9. The molecule has 0 bridgehead atoms. The molecule has 5 nitrogen and oxygen atoms in total. The summed E-state index contributed by atoms with van der Waals surface area (Å²) in [6, 6.07) is 10.5. The second-order valence-corrected chi connectivity index (χ2v) is 4.76. The summed E-state index contributed by atoms with van der Waals surface area (Å²) in [7, 11) is 0. The molecule has 1 aliphatic rings. The van der Waals surface area contributed by atoms with Crippen LogP contribution in [0.3, 0.4) is 0 Å². The minimum atomic E-state index is 0.288. The van der Waals surface area contributed by atoms with Crippen LogP contribution in [0.25, 0.3) is 10.9 Å². The molecule has 1 heterocycles. The largest absolute Gasteiger partial charge is 0.368 e. The third-order valence-corrected chi connectivity index (χ3v) is 3.32. The second kappa shape index (κ2) is 4.73. The monoisotopic (exact) mass is 253 g/mol. The molecule has 3 rings (SSSR count). The number of nitrogen functional groups attached to an aromatic ring is 1. The maximum atomic E-state index is 8.80. The first kappa shape index (κ1) is 11.7. The van der Waals surface area contributed by atoms with Crippen LogP contribution in [0, 0.1) is 11.3 Å². The molecule has 0 amide bonds. The van der Waals surface area contributed by atoms with Crippen molar-refractivity contribution >= 4 is 22.7 Å². The highest BCUT2D eigenvalue weighted by atomic mass is 15.2. The molecule has 5 heteroatoms. The van der Waals surface area contributed by atoms with E-state index in [1.807, 2.05) is 24.3 Å². The molecule has 0 aliphatic heterocycles. The molecule has 0 unspecified atom stereocenters. The van der Waals surface area contributed by atoms with Crippen LogP contribution in [0.1, 0.15) is 19.3 Å². The Balaban J connectivity index is 2.08. The fraction of sp³-hybridized carbons (Fsp3) is 0.357. The molecule has 96 valence electrons. The zero-order valence-electron chi connectivity index (χ0n) is 10.6. The van der Waals surface area contributed by atoms with E-state index in [1.54, 1.807) is 0 Å². The van der Waals surface area contributed by atoms with Crippen LogP contribution < -0.4 is 10.6 Å². The summed E-state index contributed by atoms with van der Waals surface area (Å²) in [5, 5.41) is 9.80. The van der Waals surface area contributed by atoms with Crippen molar-refractivity contribution in [3.8, 4) is 6.07 Å². The van der Waals surface area contributed by atoms with E-state index in [0.717, 1.165) is 29.6 Å². The number of para-hydroxylation sites is 1. The topological polar surface area (TPSA) is 78.8 Å². The molecule has 1 saturated carbocycles. The molecule has 0 radical (unpaired) electrons. The van der Waals surface area contributed by atoms with Gasteiger partial charge in [0, 0.05) is 18.0 Å². The SMILES string of the molecule is N#CCCN(c1nc(N)nc2ccccc12)C1CC1. The number of benzene rings is 1. The van der Waals surface area contributed by atoms with Gasteiger partial charge in [-0.3, -0.25) is 0 Å². The lowest BCUT2D eigenvalue weighted by molar-refractivity contribution is 0.782. The maximum Gasteiger partial charge on any atom is 0.222 e. The van der Waals surface area contributed by atoms with Gasteiger partial charge in [-0.15, -0.1) is 0 Å². The Morgan fingerprint density at radius 3 is 2.84 bits per heavy atom. The maximum absolute atomic E-state index is 8.80. The number of fused-ring (bicyclic) bond motifs is 1. The van der Waals surface area contributed by atoms with Crippen molar-refractivity contribution < 1.29 is 0 Å². The van der Waals surface area contributed by atoms with Crippen LogP contribution in [0.15, 0.2) is 24.3 Å². The molecule has 19 heavy (non-hydrogen) atoms. The normalized spacial score (nSPS) is 14.3. The van der Waals surface area contributed by atoms with Crippen molar-refractivity contribution in [1.82, 2.24) is 9.97 Å². The van der Waals surface area contributed by atoms with Gasteiger partial charge in [-0.05, 0) is 25.0 Å². The Bertz CT molecular complexity index is 642. The molecular weight excluding hydrogens is 238 g/mol. The van der Waals surface area contributed by atoms with Crippen LogP contribution >= 0.6 is 0 Å². The Labute approximate surface area is 111 Å². The smallest absolute Gasteiger partial charge is 0.222 e. The van der Waals surface area contributed by atoms with Crippen molar-refractivity contribution in [1.29, 1.82) is 5.26 Å². The van der Waals surface area contributed by atoms with Gasteiger partial charge in [0.05, 0.1) is 18.0 Å². The molecular formula is C14H15N5. The summed E-state index contributed by atoms with van der Waals surface area (Å²) >= 11 is 0. The summed E-state index contributed by atoms with van der Waals surface area (Å²) in [5.74, 6) is 1.15. The van der Waals surface area contributed by atoms with Crippen molar-refractivity contribution in [2.75, 3.05) is 17.2 Å². The van der Waals surface area contributed by atoms with Gasteiger partial charge in [-0.1, -0.05) is 12.1 Å². The van der Waals surface area contributed by atoms with Crippen LogP contribution in [-0.2, 0) is 0 Å². The lowest BCUT2D eigenvalue weighted by Crippen LogP contribution is -2.28. The summed E-state index contributed by atoms with van der Waals surface area (Å²) in [6.07, 6.45) is 2.81. The van der Waals surface area contributed by atoms with E-state index in [1.165, 1.54) is 0 Å². The van der Waals surface area contributed by atoms with Crippen LogP contribution in [-0.4, -0.2) is 22.6 Å². The fourth-order valence-electron chi connectivity index (χ4n) is 2.31. The highest BCUT2D eigenvalue weighted by molar-refractivity contribution is 5.90. The highest BCUT2D eigenvalue weighted by Crippen LogP contribution is 2.34. The summed E-state index contributed by atoms with van der Waals surface area (Å²) in [6.45, 7) is 0.696. The van der Waals surface area contributed by atoms with Crippen molar-refractivity contribution in [3.63, 3.8) is 0 Å². The molecule has 1 fully saturated rings. The molecule has 0 spiro atoms. The van der Waals surface area contributed by atoms with Gasteiger partial charge in [-0.25, -0.2) is 4.98 Å². The Hall–Kier alpha value is -2.35. The first-order valence-corrected chi connectivity index (χ1v) is 6.45. The predicted molar refractivity (Wildman–Crippen MR) is 74.5 cm³/mol. The molecule has 2 aromatic rings. The van der Waals surface area contributed by atoms with Crippen LogP contribution in [0.4, 0.5) is 11.8 Å². The third kappa shape index (κ3) is 2.29. The zero-order chi connectivity index (χ0) is 13.2. The molecule has 1 aromatic carbocycles. The van der Waals surface area contributed by atoms with Crippen molar-refractivity contribution in [2.24, 2.45) is 0 Å². The zero-order valence-corrected chi connectivity index (χ0v) is 10.6. The number of nitrogens with zero attached hydrogens (tertiary/aromatic N) is 4. The van der Waals surface area contributed by atoms with Gasteiger partial charge in [0.25, 0.3) is 0 Å². The van der Waals surface area contributed by atoms with Gasteiger partial charge in [0.2, 0.25) is 5.95 Å². The fourth-order valence-corrected chi connectivity index (χ4v) is 2.31. The molecule has 1 aromatic heterocycles. The van der Waals surface area contributed by atoms with Gasteiger partial charge in [-0.2, -0.15) is 10.2 Å². The number of hydrogen-bond acceptors (Lipinski definition) is 5. The minimum absolute atomic E-state index is 0.288. The lowest BCUT2D eigenvalue weighted by Gasteiger charge is -2.23. The van der Waals surface area contributed by atoms with Gasteiger partial charge in [0.15, 0.2) is 0 Å². The van der Waals surface area contributed by atoms with E-state index in [2.05, 4.69) is 20.9 Å². The predicted octanol–water partition coefficient (Wildman–Crippen LogP) is 2.09. The summed E-state index contributed by atoms with van der Waals surface area (Å²) < 4.78 is 0.